The predicted molar refractivity (Wildman–Crippen MR) is 104 cm³/mol. The molecule has 5 N–H and O–H groups in total. The average molecular weight is 422 g/mol. The predicted octanol–water partition coefficient (Wildman–Crippen LogP) is -0.527. The highest BCUT2D eigenvalue weighted by Crippen LogP contribution is 2.75. The molecule has 166 valence electrons. The summed E-state index contributed by atoms with van der Waals surface area (Å²) in [6, 6.07) is 0. The van der Waals surface area contributed by atoms with Gasteiger partial charge in [0.1, 0.15) is 11.2 Å². The van der Waals surface area contributed by atoms with Crippen LogP contribution in [-0.4, -0.2) is 73.4 Å². The molecule has 4 aliphatic carbocycles. The molecule has 0 aromatic rings. The van der Waals surface area contributed by atoms with Crippen LogP contribution in [0.2, 0.25) is 0 Å². The minimum atomic E-state index is -1.94. The fourth-order valence-corrected chi connectivity index (χ4v) is 6.72. The Morgan fingerprint density at radius 3 is 2.47 bits per heavy atom. The normalized spacial score (nSPS) is 51.8. The number of esters is 1. The van der Waals surface area contributed by atoms with Crippen molar-refractivity contribution in [1.29, 1.82) is 0 Å². The first-order chi connectivity index (χ1) is 13.8. The fraction of sp³-hybridized carbons (Fsp3) is 0.727. The van der Waals surface area contributed by atoms with Gasteiger partial charge in [-0.2, -0.15) is 0 Å². The SMILES string of the molecule is CC(=O)OCC1(C)C2C3C=C(CO)CC4(O)C(=O)C(C)=CC4C3(O)C(C)C(O)C21O. The van der Waals surface area contributed by atoms with Crippen LogP contribution < -0.4 is 0 Å². The molecule has 4 rings (SSSR count). The van der Waals surface area contributed by atoms with E-state index in [9.17, 15) is 35.1 Å². The molecule has 0 saturated heterocycles. The van der Waals surface area contributed by atoms with Gasteiger partial charge in [-0.25, -0.2) is 0 Å². The third-order valence-corrected chi connectivity index (χ3v) is 8.41. The van der Waals surface area contributed by atoms with E-state index in [0.29, 0.717) is 11.1 Å². The number of aliphatic hydroxyl groups excluding tert-OH is 2. The third-order valence-electron chi connectivity index (χ3n) is 8.41. The monoisotopic (exact) mass is 422 g/mol. The Bertz CT molecular complexity index is 878. The molecule has 8 heteroatoms. The summed E-state index contributed by atoms with van der Waals surface area (Å²) in [7, 11) is 0. The number of fused-ring (bicyclic) bond motifs is 5. The highest BCUT2D eigenvalue weighted by Gasteiger charge is 2.86. The second-order valence-corrected chi connectivity index (χ2v) is 9.89. The first-order valence-corrected chi connectivity index (χ1v) is 10.3. The van der Waals surface area contributed by atoms with Crippen LogP contribution in [0.3, 0.4) is 0 Å². The van der Waals surface area contributed by atoms with Gasteiger partial charge in [0.25, 0.3) is 0 Å². The number of carbonyl (C=O) groups excluding carboxylic acids is 2. The van der Waals surface area contributed by atoms with Crippen molar-refractivity contribution in [3.63, 3.8) is 0 Å². The summed E-state index contributed by atoms with van der Waals surface area (Å²) in [5.41, 5.74) is -5.67. The molecule has 0 aliphatic heterocycles. The smallest absolute Gasteiger partial charge is 0.302 e. The molecule has 0 aromatic heterocycles. The lowest BCUT2D eigenvalue weighted by Crippen LogP contribution is -2.65. The Balaban J connectivity index is 1.88. The van der Waals surface area contributed by atoms with E-state index in [1.54, 1.807) is 32.9 Å². The molecule has 0 bridgehead atoms. The lowest BCUT2D eigenvalue weighted by atomic mass is 9.59. The Kier molecular flexibility index (Phi) is 4.50. The highest BCUT2D eigenvalue weighted by molar-refractivity contribution is 6.04. The zero-order valence-electron chi connectivity index (χ0n) is 17.6. The highest BCUT2D eigenvalue weighted by atomic mass is 16.5. The largest absolute Gasteiger partial charge is 0.465 e. The summed E-state index contributed by atoms with van der Waals surface area (Å²) in [4.78, 5) is 24.2. The van der Waals surface area contributed by atoms with Crippen molar-refractivity contribution in [2.75, 3.05) is 13.2 Å². The second kappa shape index (κ2) is 6.23. The lowest BCUT2D eigenvalue weighted by molar-refractivity contribution is -0.210. The van der Waals surface area contributed by atoms with Gasteiger partial charge in [-0.3, -0.25) is 9.59 Å². The van der Waals surface area contributed by atoms with Crippen LogP contribution in [0.1, 0.15) is 34.1 Å². The van der Waals surface area contributed by atoms with E-state index in [2.05, 4.69) is 0 Å². The molecule has 2 fully saturated rings. The molecule has 2 saturated carbocycles. The molecule has 0 heterocycles. The molecule has 8 nitrogen and oxygen atoms in total. The van der Waals surface area contributed by atoms with E-state index in [-0.39, 0.29) is 13.0 Å². The molecular formula is C22H30O8. The molecule has 0 spiro atoms. The van der Waals surface area contributed by atoms with E-state index < -0.39 is 70.4 Å². The number of carbonyl (C=O) groups is 2. The van der Waals surface area contributed by atoms with Gasteiger partial charge in [0.15, 0.2) is 5.78 Å². The van der Waals surface area contributed by atoms with Crippen LogP contribution in [0.25, 0.3) is 0 Å². The quantitative estimate of drug-likeness (QED) is 0.302. The minimum absolute atomic E-state index is 0.145. The van der Waals surface area contributed by atoms with Crippen molar-refractivity contribution in [3.05, 3.63) is 23.3 Å². The van der Waals surface area contributed by atoms with Crippen molar-refractivity contribution in [3.8, 4) is 0 Å². The van der Waals surface area contributed by atoms with E-state index in [1.807, 2.05) is 0 Å². The first kappa shape index (κ1) is 21.6. The van der Waals surface area contributed by atoms with Gasteiger partial charge >= 0.3 is 5.97 Å². The first-order valence-electron chi connectivity index (χ1n) is 10.3. The van der Waals surface area contributed by atoms with Gasteiger partial charge < -0.3 is 30.3 Å². The molecule has 0 aromatic carbocycles. The summed E-state index contributed by atoms with van der Waals surface area (Å²) in [5.74, 6) is -4.45. The van der Waals surface area contributed by atoms with Crippen LogP contribution in [0, 0.1) is 29.1 Å². The standard InChI is InChI=1S/C22H30O8/c1-10-5-15-20(27,17(10)25)7-13(8-23)6-14-16-19(4,9-30-12(3)24)22(16,29)18(26)11(2)21(14,15)28/h5-6,11,14-16,18,23,26-29H,7-9H2,1-4H3. The second-order valence-electron chi connectivity index (χ2n) is 9.89. The molecule has 0 amide bonds. The van der Waals surface area contributed by atoms with Gasteiger partial charge in [0.2, 0.25) is 0 Å². The van der Waals surface area contributed by atoms with Crippen molar-refractivity contribution in [2.24, 2.45) is 29.1 Å². The van der Waals surface area contributed by atoms with Gasteiger partial charge in [-0.05, 0) is 18.1 Å². The zero-order chi connectivity index (χ0) is 22.4. The van der Waals surface area contributed by atoms with Crippen LogP contribution in [0.15, 0.2) is 23.3 Å². The van der Waals surface area contributed by atoms with Crippen molar-refractivity contribution in [2.45, 2.75) is 57.0 Å². The van der Waals surface area contributed by atoms with Crippen molar-refractivity contribution < 1.29 is 39.9 Å². The average Bonchev–Trinajstić information content (AvgIpc) is 3.13. The Labute approximate surface area is 174 Å². The van der Waals surface area contributed by atoms with Crippen molar-refractivity contribution >= 4 is 11.8 Å². The van der Waals surface area contributed by atoms with Gasteiger partial charge in [-0.15, -0.1) is 0 Å². The van der Waals surface area contributed by atoms with Crippen molar-refractivity contribution in [1.82, 2.24) is 0 Å². The van der Waals surface area contributed by atoms with E-state index >= 15 is 0 Å². The van der Waals surface area contributed by atoms with Crippen LogP contribution >= 0.6 is 0 Å². The Hall–Kier alpha value is -1.58. The molecular weight excluding hydrogens is 392 g/mol. The number of rotatable bonds is 3. The van der Waals surface area contributed by atoms with E-state index in [0.717, 1.165) is 0 Å². The van der Waals surface area contributed by atoms with Crippen LogP contribution in [-0.2, 0) is 14.3 Å². The molecule has 9 atom stereocenters. The fourth-order valence-electron chi connectivity index (χ4n) is 6.72. The number of ether oxygens (including phenoxy) is 1. The van der Waals surface area contributed by atoms with Gasteiger partial charge in [-0.1, -0.05) is 26.0 Å². The number of Topliss-reactive ketones (excluding diaryl/α,β-unsaturated/α-hetero) is 1. The molecule has 0 radical (unpaired) electrons. The maximum atomic E-state index is 12.8. The summed E-state index contributed by atoms with van der Waals surface area (Å²) >= 11 is 0. The van der Waals surface area contributed by atoms with E-state index in [1.165, 1.54) is 6.92 Å². The van der Waals surface area contributed by atoms with E-state index in [4.69, 9.17) is 4.74 Å². The van der Waals surface area contributed by atoms with Crippen LogP contribution in [0.4, 0.5) is 0 Å². The number of ketones is 1. The Morgan fingerprint density at radius 1 is 1.27 bits per heavy atom. The summed E-state index contributed by atoms with van der Waals surface area (Å²) in [6.45, 7) is 5.52. The minimum Gasteiger partial charge on any atom is -0.465 e. The lowest BCUT2D eigenvalue weighted by Gasteiger charge is -2.51. The maximum Gasteiger partial charge on any atom is 0.302 e. The van der Waals surface area contributed by atoms with Crippen LogP contribution in [0.5, 0.6) is 0 Å². The van der Waals surface area contributed by atoms with Gasteiger partial charge in [0.05, 0.1) is 24.9 Å². The number of hydrogen-bond donors (Lipinski definition) is 5. The summed E-state index contributed by atoms with van der Waals surface area (Å²) in [5, 5.41) is 55.9. The topological polar surface area (TPSA) is 145 Å². The zero-order valence-corrected chi connectivity index (χ0v) is 17.6. The molecule has 9 unspecified atom stereocenters. The summed E-state index contributed by atoms with van der Waals surface area (Å²) < 4.78 is 5.17. The Morgan fingerprint density at radius 2 is 1.90 bits per heavy atom. The maximum absolute atomic E-state index is 12.8. The molecule has 4 aliphatic rings. The number of aliphatic hydroxyl groups is 5. The number of hydrogen-bond acceptors (Lipinski definition) is 8. The van der Waals surface area contributed by atoms with Gasteiger partial charge in [0, 0.05) is 42.4 Å². The molecule has 30 heavy (non-hydrogen) atoms. The third kappa shape index (κ3) is 2.29. The summed E-state index contributed by atoms with van der Waals surface area (Å²) in [6.07, 6.45) is 1.66.